The van der Waals surface area contributed by atoms with Crippen LogP contribution < -0.4 is 10.2 Å². The van der Waals surface area contributed by atoms with Crippen molar-refractivity contribution < 1.29 is 0 Å². The summed E-state index contributed by atoms with van der Waals surface area (Å²) in [5.41, 5.74) is 2.52. The van der Waals surface area contributed by atoms with Gasteiger partial charge in [-0.2, -0.15) is 0 Å². The summed E-state index contributed by atoms with van der Waals surface area (Å²) in [6.45, 7) is 10.8. The van der Waals surface area contributed by atoms with Gasteiger partial charge in [0.25, 0.3) is 0 Å². The monoisotopic (exact) mass is 309 g/mol. The lowest BCUT2D eigenvalue weighted by molar-refractivity contribution is 0.170. The van der Waals surface area contributed by atoms with Crippen LogP contribution >= 0.6 is 11.6 Å². The van der Waals surface area contributed by atoms with Gasteiger partial charge in [0.15, 0.2) is 0 Å². The fraction of sp³-hybridized carbons (Fsp3) is 0.647. The van der Waals surface area contributed by atoms with Gasteiger partial charge in [0.2, 0.25) is 0 Å². The van der Waals surface area contributed by atoms with E-state index in [4.69, 9.17) is 11.6 Å². The molecule has 1 aromatic carbocycles. The second-order valence-electron chi connectivity index (χ2n) is 6.19. The summed E-state index contributed by atoms with van der Waals surface area (Å²) in [7, 11) is 2.21. The molecule has 0 aliphatic carbocycles. The van der Waals surface area contributed by atoms with Crippen molar-refractivity contribution >= 4 is 17.3 Å². The Labute approximate surface area is 134 Å². The van der Waals surface area contributed by atoms with E-state index >= 15 is 0 Å². The molecule has 21 heavy (non-hydrogen) atoms. The number of anilines is 1. The van der Waals surface area contributed by atoms with Gasteiger partial charge in [-0.05, 0) is 45.5 Å². The quantitative estimate of drug-likeness (QED) is 0.841. The second kappa shape index (κ2) is 7.48. The van der Waals surface area contributed by atoms with E-state index in [2.05, 4.69) is 55.1 Å². The Morgan fingerprint density at radius 3 is 2.52 bits per heavy atom. The van der Waals surface area contributed by atoms with Gasteiger partial charge in [0.05, 0.1) is 10.7 Å². The number of hydrogen-bond donors (Lipinski definition) is 1. The molecular formula is C17H28ClN3. The molecule has 1 aromatic rings. The van der Waals surface area contributed by atoms with Crippen molar-refractivity contribution in [2.45, 2.75) is 45.8 Å². The predicted molar refractivity (Wildman–Crippen MR) is 92.3 cm³/mol. The summed E-state index contributed by atoms with van der Waals surface area (Å²) in [4.78, 5) is 4.91. The average Bonchev–Trinajstić information content (AvgIpc) is 2.45. The lowest BCUT2D eigenvalue weighted by Gasteiger charge is -2.44. The van der Waals surface area contributed by atoms with Crippen LogP contribution in [0.15, 0.2) is 18.2 Å². The van der Waals surface area contributed by atoms with Crippen LogP contribution in [-0.4, -0.2) is 43.7 Å². The zero-order chi connectivity index (χ0) is 15.4. The van der Waals surface area contributed by atoms with Crippen molar-refractivity contribution in [3.8, 4) is 0 Å². The molecule has 1 aliphatic heterocycles. The van der Waals surface area contributed by atoms with Gasteiger partial charge < -0.3 is 10.2 Å². The number of benzene rings is 1. The van der Waals surface area contributed by atoms with E-state index in [9.17, 15) is 0 Å². The highest BCUT2D eigenvalue weighted by atomic mass is 35.5. The molecular weight excluding hydrogens is 282 g/mol. The SMILES string of the molecule is CCCNCc1cccc(Cl)c1N1CC(C)N(C)C(C)C1. The van der Waals surface area contributed by atoms with Gasteiger partial charge in [-0.1, -0.05) is 30.7 Å². The van der Waals surface area contributed by atoms with Crippen molar-refractivity contribution in [2.24, 2.45) is 0 Å². The first-order chi connectivity index (χ1) is 10.0. The number of nitrogens with one attached hydrogen (secondary N) is 1. The van der Waals surface area contributed by atoms with Crippen molar-refractivity contribution in [3.05, 3.63) is 28.8 Å². The Bertz CT molecular complexity index is 451. The van der Waals surface area contributed by atoms with Gasteiger partial charge in [0, 0.05) is 31.7 Å². The molecule has 118 valence electrons. The Hall–Kier alpha value is -0.770. The third kappa shape index (κ3) is 3.91. The van der Waals surface area contributed by atoms with Crippen LogP contribution in [0.3, 0.4) is 0 Å². The largest absolute Gasteiger partial charge is 0.367 e. The summed E-state index contributed by atoms with van der Waals surface area (Å²) in [5, 5.41) is 4.36. The summed E-state index contributed by atoms with van der Waals surface area (Å²) >= 11 is 6.52. The molecule has 1 fully saturated rings. The molecule has 0 aromatic heterocycles. The number of piperazine rings is 1. The first kappa shape index (κ1) is 16.6. The maximum absolute atomic E-state index is 6.52. The highest BCUT2D eigenvalue weighted by molar-refractivity contribution is 6.33. The molecule has 2 rings (SSSR count). The fourth-order valence-corrected chi connectivity index (χ4v) is 3.36. The molecule has 1 aliphatic rings. The first-order valence-electron chi connectivity index (χ1n) is 7.99. The van der Waals surface area contributed by atoms with E-state index in [-0.39, 0.29) is 0 Å². The maximum atomic E-state index is 6.52. The number of hydrogen-bond acceptors (Lipinski definition) is 3. The van der Waals surface area contributed by atoms with Gasteiger partial charge in [-0.15, -0.1) is 0 Å². The Kier molecular flexibility index (Phi) is 5.91. The first-order valence-corrected chi connectivity index (χ1v) is 8.37. The molecule has 0 amide bonds. The number of halogens is 1. The minimum Gasteiger partial charge on any atom is -0.367 e. The third-order valence-corrected chi connectivity index (χ3v) is 4.79. The molecule has 3 nitrogen and oxygen atoms in total. The van der Waals surface area contributed by atoms with E-state index in [1.807, 2.05) is 6.07 Å². The zero-order valence-electron chi connectivity index (χ0n) is 13.7. The lowest BCUT2D eigenvalue weighted by atomic mass is 10.1. The van der Waals surface area contributed by atoms with Crippen molar-refractivity contribution in [1.29, 1.82) is 0 Å². The van der Waals surface area contributed by atoms with E-state index in [1.165, 1.54) is 11.3 Å². The molecule has 2 atom stereocenters. The smallest absolute Gasteiger partial charge is 0.0642 e. The van der Waals surface area contributed by atoms with Crippen LogP contribution in [0.2, 0.25) is 5.02 Å². The molecule has 2 unspecified atom stereocenters. The summed E-state index contributed by atoms with van der Waals surface area (Å²) in [6.07, 6.45) is 1.15. The van der Waals surface area contributed by atoms with Gasteiger partial charge >= 0.3 is 0 Å². The van der Waals surface area contributed by atoms with Crippen molar-refractivity contribution in [1.82, 2.24) is 10.2 Å². The Morgan fingerprint density at radius 2 is 1.90 bits per heavy atom. The molecule has 0 saturated carbocycles. The molecule has 1 N–H and O–H groups in total. The molecule has 0 bridgehead atoms. The van der Waals surface area contributed by atoms with Crippen molar-refractivity contribution in [3.63, 3.8) is 0 Å². The van der Waals surface area contributed by atoms with Crippen LogP contribution in [0, 0.1) is 0 Å². The van der Waals surface area contributed by atoms with Gasteiger partial charge in [-0.3, -0.25) is 4.90 Å². The number of para-hydroxylation sites is 1. The molecule has 4 heteroatoms. The van der Waals surface area contributed by atoms with E-state index in [1.54, 1.807) is 0 Å². The normalized spacial score (nSPS) is 23.6. The number of rotatable bonds is 5. The van der Waals surface area contributed by atoms with Crippen molar-refractivity contribution in [2.75, 3.05) is 31.6 Å². The summed E-state index contributed by atoms with van der Waals surface area (Å²) < 4.78 is 0. The molecule has 0 radical (unpaired) electrons. The highest BCUT2D eigenvalue weighted by Gasteiger charge is 2.28. The van der Waals surface area contributed by atoms with E-state index in [0.29, 0.717) is 12.1 Å². The molecule has 1 saturated heterocycles. The molecule has 0 spiro atoms. The Morgan fingerprint density at radius 1 is 1.24 bits per heavy atom. The predicted octanol–water partition coefficient (Wildman–Crippen LogP) is 3.37. The standard InChI is InChI=1S/C17H28ClN3/c1-5-9-19-10-15-7-6-8-16(18)17(15)21-11-13(2)20(4)14(3)12-21/h6-8,13-14,19H,5,9-12H2,1-4H3. The van der Waals surface area contributed by atoms with Crippen LogP contribution in [0.25, 0.3) is 0 Å². The van der Waals surface area contributed by atoms with Gasteiger partial charge in [-0.25, -0.2) is 0 Å². The van der Waals surface area contributed by atoms with Gasteiger partial charge in [0.1, 0.15) is 0 Å². The van der Waals surface area contributed by atoms with E-state index < -0.39 is 0 Å². The zero-order valence-corrected chi connectivity index (χ0v) is 14.5. The Balaban J connectivity index is 2.21. The summed E-state index contributed by atoms with van der Waals surface area (Å²) in [6, 6.07) is 7.34. The van der Waals surface area contributed by atoms with E-state index in [0.717, 1.165) is 37.6 Å². The number of nitrogens with zero attached hydrogens (tertiary/aromatic N) is 2. The minimum atomic E-state index is 0.543. The third-order valence-electron chi connectivity index (χ3n) is 4.49. The fourth-order valence-electron chi connectivity index (χ4n) is 3.04. The highest BCUT2D eigenvalue weighted by Crippen LogP contribution is 2.32. The molecule has 1 heterocycles. The number of likely N-dealkylation sites (N-methyl/N-ethyl adjacent to an activating group) is 1. The average molecular weight is 310 g/mol. The van der Waals surface area contributed by atoms with Crippen LogP contribution in [0.1, 0.15) is 32.8 Å². The van der Waals surface area contributed by atoms with Crippen LogP contribution in [-0.2, 0) is 6.54 Å². The maximum Gasteiger partial charge on any atom is 0.0642 e. The van der Waals surface area contributed by atoms with Crippen LogP contribution in [0.5, 0.6) is 0 Å². The minimum absolute atomic E-state index is 0.543. The topological polar surface area (TPSA) is 18.5 Å². The second-order valence-corrected chi connectivity index (χ2v) is 6.60. The van der Waals surface area contributed by atoms with Crippen LogP contribution in [0.4, 0.5) is 5.69 Å². The summed E-state index contributed by atoms with van der Waals surface area (Å²) in [5.74, 6) is 0. The lowest BCUT2D eigenvalue weighted by Crippen LogP contribution is -2.55.